The molecule has 20 heavy (non-hydrogen) atoms. The smallest absolute Gasteiger partial charge is 0.260 e. The second-order valence-electron chi connectivity index (χ2n) is 5.32. The van der Waals surface area contributed by atoms with Crippen molar-refractivity contribution in [3.63, 3.8) is 0 Å². The van der Waals surface area contributed by atoms with Gasteiger partial charge in [0.1, 0.15) is 0 Å². The van der Waals surface area contributed by atoms with Gasteiger partial charge < -0.3 is 5.32 Å². The van der Waals surface area contributed by atoms with Crippen LogP contribution in [0.25, 0.3) is 11.1 Å². The second-order valence-corrected chi connectivity index (χ2v) is 5.32. The van der Waals surface area contributed by atoms with Crippen molar-refractivity contribution in [1.29, 1.82) is 0 Å². The third kappa shape index (κ3) is 2.90. The lowest BCUT2D eigenvalue weighted by molar-refractivity contribution is 0.460. The summed E-state index contributed by atoms with van der Waals surface area (Å²) in [6.07, 6.45) is 7.79. The fraction of sp³-hybridized carbons (Fsp3) is 0.375. The van der Waals surface area contributed by atoms with E-state index in [0.29, 0.717) is 17.6 Å². The standard InChI is InChI=1S/C16H19N3O/c20-15-14(12-7-3-1-4-8-12)11-17-16(19-15)18-13-9-5-2-6-10-13/h1,3-4,7-8,11,13H,2,5-6,9-10H2,(H2,17,18,19,20). The van der Waals surface area contributed by atoms with Gasteiger partial charge in [-0.05, 0) is 18.4 Å². The molecule has 4 nitrogen and oxygen atoms in total. The minimum absolute atomic E-state index is 0.0930. The van der Waals surface area contributed by atoms with E-state index < -0.39 is 0 Å². The summed E-state index contributed by atoms with van der Waals surface area (Å²) >= 11 is 0. The minimum atomic E-state index is -0.0930. The Bertz CT molecular complexity index is 615. The van der Waals surface area contributed by atoms with E-state index in [-0.39, 0.29) is 5.56 Å². The number of anilines is 1. The molecule has 3 rings (SSSR count). The molecule has 1 aromatic heterocycles. The zero-order chi connectivity index (χ0) is 13.8. The predicted octanol–water partition coefficient (Wildman–Crippen LogP) is 3.18. The number of nitrogens with one attached hydrogen (secondary N) is 2. The van der Waals surface area contributed by atoms with Gasteiger partial charge in [-0.3, -0.25) is 9.78 Å². The predicted molar refractivity (Wildman–Crippen MR) is 80.8 cm³/mol. The van der Waals surface area contributed by atoms with Crippen molar-refractivity contribution in [3.05, 3.63) is 46.9 Å². The number of hydrogen-bond donors (Lipinski definition) is 2. The summed E-state index contributed by atoms with van der Waals surface area (Å²) in [5.74, 6) is 0.585. The number of benzene rings is 1. The first kappa shape index (κ1) is 12.9. The molecule has 0 bridgehead atoms. The van der Waals surface area contributed by atoms with Crippen LogP contribution in [0.3, 0.4) is 0 Å². The highest BCUT2D eigenvalue weighted by Gasteiger charge is 2.14. The average molecular weight is 269 g/mol. The fourth-order valence-corrected chi connectivity index (χ4v) is 2.73. The Morgan fingerprint density at radius 3 is 2.55 bits per heavy atom. The van der Waals surface area contributed by atoms with Crippen LogP contribution < -0.4 is 10.9 Å². The highest BCUT2D eigenvalue weighted by Crippen LogP contribution is 2.20. The number of aromatic nitrogens is 2. The largest absolute Gasteiger partial charge is 0.353 e. The van der Waals surface area contributed by atoms with E-state index in [1.807, 2.05) is 30.3 Å². The summed E-state index contributed by atoms with van der Waals surface area (Å²) in [7, 11) is 0. The summed E-state index contributed by atoms with van der Waals surface area (Å²) in [6.45, 7) is 0. The lowest BCUT2D eigenvalue weighted by atomic mass is 9.96. The van der Waals surface area contributed by atoms with Crippen LogP contribution in [0.4, 0.5) is 5.95 Å². The zero-order valence-corrected chi connectivity index (χ0v) is 11.4. The first-order valence-corrected chi connectivity index (χ1v) is 7.24. The van der Waals surface area contributed by atoms with Crippen LogP contribution in [0.5, 0.6) is 0 Å². The molecule has 0 aliphatic heterocycles. The van der Waals surface area contributed by atoms with Crippen LogP contribution >= 0.6 is 0 Å². The quantitative estimate of drug-likeness (QED) is 0.899. The van der Waals surface area contributed by atoms with E-state index in [0.717, 1.165) is 18.4 Å². The fourth-order valence-electron chi connectivity index (χ4n) is 2.73. The highest BCUT2D eigenvalue weighted by molar-refractivity contribution is 5.61. The van der Waals surface area contributed by atoms with Crippen molar-refractivity contribution in [1.82, 2.24) is 9.97 Å². The van der Waals surface area contributed by atoms with E-state index in [9.17, 15) is 4.79 Å². The van der Waals surface area contributed by atoms with Gasteiger partial charge in [-0.25, -0.2) is 4.98 Å². The number of hydrogen-bond acceptors (Lipinski definition) is 3. The molecule has 1 saturated carbocycles. The number of aromatic amines is 1. The molecular weight excluding hydrogens is 250 g/mol. The normalized spacial score (nSPS) is 16.0. The second kappa shape index (κ2) is 5.90. The van der Waals surface area contributed by atoms with Crippen LogP contribution in [0, 0.1) is 0 Å². The molecule has 1 aliphatic carbocycles. The van der Waals surface area contributed by atoms with Crippen LogP contribution in [-0.4, -0.2) is 16.0 Å². The molecule has 0 radical (unpaired) electrons. The maximum Gasteiger partial charge on any atom is 0.260 e. The van der Waals surface area contributed by atoms with Gasteiger partial charge in [-0.15, -0.1) is 0 Å². The third-order valence-electron chi connectivity index (χ3n) is 3.83. The van der Waals surface area contributed by atoms with Gasteiger partial charge in [-0.2, -0.15) is 0 Å². The van der Waals surface area contributed by atoms with Crippen molar-refractivity contribution < 1.29 is 0 Å². The SMILES string of the molecule is O=c1[nH]c(NC2CCCCC2)ncc1-c1ccccc1. The van der Waals surface area contributed by atoms with E-state index >= 15 is 0 Å². The molecule has 0 saturated heterocycles. The Morgan fingerprint density at radius 1 is 1.10 bits per heavy atom. The Morgan fingerprint density at radius 2 is 1.85 bits per heavy atom. The Hall–Kier alpha value is -2.10. The summed E-state index contributed by atoms with van der Waals surface area (Å²) in [5, 5.41) is 3.33. The third-order valence-corrected chi connectivity index (χ3v) is 3.83. The van der Waals surface area contributed by atoms with Gasteiger partial charge in [-0.1, -0.05) is 49.6 Å². The van der Waals surface area contributed by atoms with E-state index in [1.54, 1.807) is 6.20 Å². The van der Waals surface area contributed by atoms with Gasteiger partial charge in [0.2, 0.25) is 5.95 Å². The lowest BCUT2D eigenvalue weighted by Gasteiger charge is -2.22. The van der Waals surface area contributed by atoms with Crippen LogP contribution in [-0.2, 0) is 0 Å². The van der Waals surface area contributed by atoms with Gasteiger partial charge >= 0.3 is 0 Å². The first-order chi connectivity index (χ1) is 9.83. The molecule has 1 fully saturated rings. The van der Waals surface area contributed by atoms with Crippen molar-refractivity contribution >= 4 is 5.95 Å². The molecule has 0 amide bonds. The topological polar surface area (TPSA) is 57.8 Å². The van der Waals surface area contributed by atoms with Crippen molar-refractivity contribution in [3.8, 4) is 11.1 Å². The molecule has 1 heterocycles. The molecule has 1 aliphatic rings. The summed E-state index contributed by atoms with van der Waals surface area (Å²) in [4.78, 5) is 19.3. The van der Waals surface area contributed by atoms with Crippen molar-refractivity contribution in [2.75, 3.05) is 5.32 Å². The van der Waals surface area contributed by atoms with Crippen molar-refractivity contribution in [2.24, 2.45) is 0 Å². The summed E-state index contributed by atoms with van der Waals surface area (Å²) in [6, 6.07) is 10.0. The molecule has 104 valence electrons. The van der Waals surface area contributed by atoms with E-state index in [4.69, 9.17) is 0 Å². The summed E-state index contributed by atoms with van der Waals surface area (Å²) < 4.78 is 0. The lowest BCUT2D eigenvalue weighted by Crippen LogP contribution is -2.25. The van der Waals surface area contributed by atoms with Crippen LogP contribution in [0.1, 0.15) is 32.1 Å². The number of H-pyrrole nitrogens is 1. The van der Waals surface area contributed by atoms with E-state index in [1.165, 1.54) is 19.3 Å². The molecule has 4 heteroatoms. The molecule has 0 spiro atoms. The average Bonchev–Trinajstić information content (AvgIpc) is 2.49. The van der Waals surface area contributed by atoms with Crippen molar-refractivity contribution in [2.45, 2.75) is 38.1 Å². The minimum Gasteiger partial charge on any atom is -0.353 e. The monoisotopic (exact) mass is 269 g/mol. The van der Waals surface area contributed by atoms with Gasteiger partial charge in [0, 0.05) is 12.2 Å². The first-order valence-electron chi connectivity index (χ1n) is 7.24. The Labute approximate surface area is 118 Å². The molecular formula is C16H19N3O. The molecule has 0 atom stereocenters. The molecule has 1 aromatic carbocycles. The summed E-state index contributed by atoms with van der Waals surface area (Å²) in [5.41, 5.74) is 1.41. The number of nitrogens with zero attached hydrogens (tertiary/aromatic N) is 1. The van der Waals surface area contributed by atoms with Crippen LogP contribution in [0.15, 0.2) is 41.3 Å². The maximum atomic E-state index is 12.1. The van der Waals surface area contributed by atoms with Gasteiger partial charge in [0.15, 0.2) is 0 Å². The highest BCUT2D eigenvalue weighted by atomic mass is 16.1. The Balaban J connectivity index is 1.79. The zero-order valence-electron chi connectivity index (χ0n) is 11.4. The van der Waals surface area contributed by atoms with Crippen LogP contribution in [0.2, 0.25) is 0 Å². The van der Waals surface area contributed by atoms with Gasteiger partial charge in [0.25, 0.3) is 5.56 Å². The van der Waals surface area contributed by atoms with Gasteiger partial charge in [0.05, 0.1) is 5.56 Å². The van der Waals surface area contributed by atoms with E-state index in [2.05, 4.69) is 15.3 Å². The Kier molecular flexibility index (Phi) is 3.81. The number of rotatable bonds is 3. The molecule has 2 aromatic rings. The molecule has 2 N–H and O–H groups in total. The maximum absolute atomic E-state index is 12.1. The molecule has 0 unspecified atom stereocenters.